The van der Waals surface area contributed by atoms with E-state index in [0.29, 0.717) is 43.9 Å². The van der Waals surface area contributed by atoms with Gasteiger partial charge in [0.2, 0.25) is 23.6 Å². The molecule has 0 aliphatic carbocycles. The Bertz CT molecular complexity index is 2570. The maximum Gasteiger partial charge on any atom is 0.325 e. The van der Waals surface area contributed by atoms with Gasteiger partial charge < -0.3 is 30.0 Å². The van der Waals surface area contributed by atoms with Crippen molar-refractivity contribution in [3.8, 4) is 16.9 Å². The molecule has 1 atom stereocenters. The zero-order chi connectivity index (χ0) is 46.1. The van der Waals surface area contributed by atoms with Crippen LogP contribution in [-0.2, 0) is 32.3 Å². The number of benzene rings is 4. The predicted molar refractivity (Wildman–Crippen MR) is 247 cm³/mol. The lowest BCUT2D eigenvalue weighted by Crippen LogP contribution is -2.65. The first-order valence-electron chi connectivity index (χ1n) is 23.6. The third kappa shape index (κ3) is 9.22. The SMILES string of the molecule is CCC(=O)N1CC(N2Cc3ccc(-c4cc(O)cc5ccccc45)cc3N(CC(=O)NCCCCCCCN3CCC(c4cc(F)cc5c4CN(C4CCC(=O)NC4=O)C5=O)CC3)C2=O)C1. The van der Waals surface area contributed by atoms with Crippen molar-refractivity contribution in [3.05, 3.63) is 94.8 Å². The van der Waals surface area contributed by atoms with Crippen LogP contribution in [0.2, 0.25) is 0 Å². The minimum absolute atomic E-state index is 0.0582. The van der Waals surface area contributed by atoms with Gasteiger partial charge in [0.25, 0.3) is 5.91 Å². The van der Waals surface area contributed by atoms with E-state index >= 15 is 0 Å². The van der Waals surface area contributed by atoms with Gasteiger partial charge >= 0.3 is 6.03 Å². The standard InChI is InChI=1S/C51H58FN7O7/c1-2-48(63)56-28-37(29-56)57-27-35-13-12-34(41-26-38(60)22-33-10-6-7-11-39(33)41)23-45(35)59(51(57)66)31-47(62)53-18-8-4-3-5-9-19-55-20-16-32(17-21-55)40-24-36(52)25-42-43(40)30-58(50(42)65)44-14-15-46(61)54-49(44)64/h6-7,10-13,22-26,32,37,44,60H,2-5,8-9,14-21,27-31H2,1H3,(H,53,62)(H,54,61,64). The number of anilines is 1. The summed E-state index contributed by atoms with van der Waals surface area (Å²) in [6.07, 6.45) is 7.44. The fourth-order valence-corrected chi connectivity index (χ4v) is 10.6. The number of nitrogens with one attached hydrogen (secondary N) is 2. The summed E-state index contributed by atoms with van der Waals surface area (Å²) in [6, 6.07) is 18.9. The first-order chi connectivity index (χ1) is 31.9. The van der Waals surface area contributed by atoms with Gasteiger partial charge in [0.05, 0.1) is 11.7 Å². The van der Waals surface area contributed by atoms with E-state index in [2.05, 4.69) is 15.5 Å². The van der Waals surface area contributed by atoms with E-state index < -0.39 is 17.8 Å². The molecule has 5 heterocycles. The highest BCUT2D eigenvalue weighted by Crippen LogP contribution is 2.40. The summed E-state index contributed by atoms with van der Waals surface area (Å²) in [5, 5.41) is 17.8. The van der Waals surface area contributed by atoms with Crippen molar-refractivity contribution in [1.29, 1.82) is 0 Å². The largest absolute Gasteiger partial charge is 0.508 e. The molecular formula is C51H58FN7O7. The molecule has 0 bridgehead atoms. The number of nitrogens with zero attached hydrogens (tertiary/aromatic N) is 5. The van der Waals surface area contributed by atoms with Crippen molar-refractivity contribution in [2.45, 2.75) is 102 Å². The Labute approximate surface area is 384 Å². The summed E-state index contributed by atoms with van der Waals surface area (Å²) in [6.45, 7) is 6.46. The number of hydrogen-bond acceptors (Lipinski definition) is 8. The molecule has 0 spiro atoms. The third-order valence-electron chi connectivity index (χ3n) is 14.3. The highest BCUT2D eigenvalue weighted by molar-refractivity contribution is 6.06. The molecule has 5 aliphatic rings. The van der Waals surface area contributed by atoms with Crippen molar-refractivity contribution < 1.29 is 38.3 Å². The predicted octanol–water partition coefficient (Wildman–Crippen LogP) is 6.42. The Hall–Kier alpha value is -6.35. The van der Waals surface area contributed by atoms with Gasteiger partial charge in [-0.15, -0.1) is 0 Å². The molecule has 66 heavy (non-hydrogen) atoms. The number of likely N-dealkylation sites (tertiary alicyclic amines) is 2. The Morgan fingerprint density at radius 1 is 0.848 bits per heavy atom. The van der Waals surface area contributed by atoms with Crippen LogP contribution in [0, 0.1) is 5.82 Å². The Kier molecular flexibility index (Phi) is 13.1. The summed E-state index contributed by atoms with van der Waals surface area (Å²) < 4.78 is 14.9. The second-order valence-corrected chi connectivity index (χ2v) is 18.5. The summed E-state index contributed by atoms with van der Waals surface area (Å²) >= 11 is 0. The van der Waals surface area contributed by atoms with E-state index in [0.717, 1.165) is 103 Å². The van der Waals surface area contributed by atoms with Crippen LogP contribution < -0.4 is 15.5 Å². The Morgan fingerprint density at radius 2 is 1.62 bits per heavy atom. The maximum atomic E-state index is 14.9. The summed E-state index contributed by atoms with van der Waals surface area (Å²) in [7, 11) is 0. The van der Waals surface area contributed by atoms with Gasteiger partial charge in [0, 0.05) is 51.1 Å². The van der Waals surface area contributed by atoms with Gasteiger partial charge in [-0.3, -0.25) is 34.2 Å². The number of unbranched alkanes of at least 4 members (excludes halogenated alkanes) is 4. The minimum atomic E-state index is -0.735. The van der Waals surface area contributed by atoms with E-state index in [9.17, 15) is 38.3 Å². The van der Waals surface area contributed by atoms with Crippen molar-refractivity contribution in [3.63, 3.8) is 0 Å². The lowest BCUT2D eigenvalue weighted by Gasteiger charge is -2.48. The molecule has 3 N–H and O–H groups in total. The van der Waals surface area contributed by atoms with Crippen molar-refractivity contribution >= 4 is 52.0 Å². The van der Waals surface area contributed by atoms with Crippen molar-refractivity contribution in [2.75, 3.05) is 50.7 Å². The van der Waals surface area contributed by atoms with E-state index in [1.165, 1.54) is 11.0 Å². The zero-order valence-corrected chi connectivity index (χ0v) is 37.5. The number of phenolic OH excluding ortho intramolecular Hbond substituents is 1. The number of piperidine rings is 2. The summed E-state index contributed by atoms with van der Waals surface area (Å²) in [4.78, 5) is 86.7. The fourth-order valence-electron chi connectivity index (χ4n) is 10.6. The number of carbonyl (C=O) groups excluding carboxylic acids is 6. The number of hydrogen-bond donors (Lipinski definition) is 3. The average molecular weight is 900 g/mol. The second-order valence-electron chi connectivity index (χ2n) is 18.5. The molecule has 0 radical (unpaired) electrons. The van der Waals surface area contributed by atoms with Crippen LogP contribution in [0.1, 0.15) is 104 Å². The highest BCUT2D eigenvalue weighted by atomic mass is 19.1. The average Bonchev–Trinajstić information content (AvgIpc) is 3.62. The number of fused-ring (bicyclic) bond motifs is 3. The van der Waals surface area contributed by atoms with Gasteiger partial charge in [-0.1, -0.05) is 62.6 Å². The Balaban J connectivity index is 0.738. The molecule has 346 valence electrons. The monoisotopic (exact) mass is 899 g/mol. The molecule has 4 aromatic carbocycles. The minimum Gasteiger partial charge on any atom is -0.508 e. The second kappa shape index (κ2) is 19.2. The Morgan fingerprint density at radius 3 is 2.41 bits per heavy atom. The van der Waals surface area contributed by atoms with Crippen LogP contribution in [0.3, 0.4) is 0 Å². The number of rotatable bonds is 15. The molecule has 4 aromatic rings. The van der Waals surface area contributed by atoms with Crippen molar-refractivity contribution in [1.82, 2.24) is 30.2 Å². The number of amides is 7. The zero-order valence-electron chi connectivity index (χ0n) is 37.5. The van der Waals surface area contributed by atoms with E-state index in [4.69, 9.17) is 0 Å². The normalized spacial score (nSPS) is 19.3. The van der Waals surface area contributed by atoms with Crippen LogP contribution in [0.5, 0.6) is 5.75 Å². The van der Waals surface area contributed by atoms with E-state index in [1.54, 1.807) is 32.9 Å². The fraction of sp³-hybridized carbons (Fsp3) is 0.451. The number of phenols is 1. The summed E-state index contributed by atoms with van der Waals surface area (Å²) in [5.74, 6) is -1.55. The molecule has 0 saturated carbocycles. The van der Waals surface area contributed by atoms with Crippen LogP contribution in [0.4, 0.5) is 14.9 Å². The van der Waals surface area contributed by atoms with Crippen molar-refractivity contribution in [2.24, 2.45) is 0 Å². The number of aromatic hydroxyl groups is 1. The first kappa shape index (κ1) is 44.8. The third-order valence-corrected chi connectivity index (χ3v) is 14.3. The smallest absolute Gasteiger partial charge is 0.325 e. The molecule has 9 rings (SSSR count). The number of halogens is 1. The van der Waals surface area contributed by atoms with Gasteiger partial charge in [-0.05, 0) is 127 Å². The first-order valence-corrected chi connectivity index (χ1v) is 23.6. The van der Waals surface area contributed by atoms with E-state index in [1.807, 2.05) is 49.4 Å². The van der Waals surface area contributed by atoms with Gasteiger partial charge in [0.15, 0.2) is 0 Å². The van der Waals surface area contributed by atoms with Crippen LogP contribution in [-0.4, -0.2) is 118 Å². The molecule has 15 heteroatoms. The van der Waals surface area contributed by atoms with Crippen LogP contribution in [0.25, 0.3) is 21.9 Å². The molecule has 1 unspecified atom stereocenters. The maximum absolute atomic E-state index is 14.9. The topological polar surface area (TPSA) is 163 Å². The number of carbonyl (C=O) groups is 6. The van der Waals surface area contributed by atoms with E-state index in [-0.39, 0.29) is 73.3 Å². The molecule has 14 nitrogen and oxygen atoms in total. The quantitative estimate of drug-likeness (QED) is 0.0910. The van der Waals surface area contributed by atoms with Gasteiger partial charge in [0.1, 0.15) is 24.2 Å². The number of urea groups is 1. The molecular weight excluding hydrogens is 842 g/mol. The highest BCUT2D eigenvalue weighted by Gasteiger charge is 2.43. The summed E-state index contributed by atoms with van der Waals surface area (Å²) in [5.41, 5.74) is 5.21. The molecule has 7 amide bonds. The number of imide groups is 1. The molecule has 5 aliphatic heterocycles. The van der Waals surface area contributed by atoms with Gasteiger partial charge in [-0.2, -0.15) is 0 Å². The van der Waals surface area contributed by atoms with Crippen LogP contribution in [0.15, 0.2) is 66.7 Å². The van der Waals surface area contributed by atoms with Gasteiger partial charge in [-0.25, -0.2) is 9.18 Å². The molecule has 3 saturated heterocycles. The molecule has 0 aromatic heterocycles. The lowest BCUT2D eigenvalue weighted by molar-refractivity contribution is -0.138. The molecule has 3 fully saturated rings. The lowest BCUT2D eigenvalue weighted by atomic mass is 9.85. The van der Waals surface area contributed by atoms with Crippen LogP contribution >= 0.6 is 0 Å².